The van der Waals surface area contributed by atoms with Crippen LogP contribution in [0.15, 0.2) is 23.3 Å². The van der Waals surface area contributed by atoms with Crippen molar-refractivity contribution in [2.45, 2.75) is 66.7 Å². The number of allylic oxidation sites excluding steroid dienone is 4. The van der Waals surface area contributed by atoms with Crippen molar-refractivity contribution in [3.05, 3.63) is 23.3 Å². The molecule has 0 unspecified atom stereocenters. The van der Waals surface area contributed by atoms with E-state index < -0.39 is 0 Å². The van der Waals surface area contributed by atoms with Crippen molar-refractivity contribution in [2.24, 2.45) is 5.92 Å². The zero-order chi connectivity index (χ0) is 11.7. The Morgan fingerprint density at radius 3 is 2.20 bits per heavy atom. The third kappa shape index (κ3) is 11.4. The van der Waals surface area contributed by atoms with Crippen LogP contribution in [0, 0.1) is 5.92 Å². The number of rotatable bonds is 7. The number of unbranched alkanes of at least 4 members (excludes halogenated alkanes) is 1. The maximum absolute atomic E-state index is 2.42. The van der Waals surface area contributed by atoms with E-state index in [4.69, 9.17) is 0 Å². The molecule has 0 aromatic rings. The molecule has 0 nitrogen and oxygen atoms in total. The lowest BCUT2D eigenvalue weighted by molar-refractivity contribution is 0.559. The average Bonchev–Trinajstić information content (AvgIpc) is 2.11. The van der Waals surface area contributed by atoms with Gasteiger partial charge in [-0.05, 0) is 52.4 Å². The SMILES string of the molecule is CC(C)=CCCC(C)=CCCCC(C)C. The summed E-state index contributed by atoms with van der Waals surface area (Å²) in [5.74, 6) is 0.851. The molecule has 15 heavy (non-hydrogen) atoms. The van der Waals surface area contributed by atoms with E-state index in [9.17, 15) is 0 Å². The molecule has 0 N–H and O–H groups in total. The van der Waals surface area contributed by atoms with E-state index in [1.807, 2.05) is 0 Å². The minimum atomic E-state index is 0.851. The van der Waals surface area contributed by atoms with Crippen molar-refractivity contribution in [1.29, 1.82) is 0 Å². The molecule has 0 heterocycles. The maximum Gasteiger partial charge on any atom is -0.0288 e. The highest BCUT2D eigenvalue weighted by molar-refractivity contribution is 5.01. The molecule has 0 saturated heterocycles. The van der Waals surface area contributed by atoms with Crippen molar-refractivity contribution in [3.63, 3.8) is 0 Å². The lowest BCUT2D eigenvalue weighted by Gasteiger charge is -2.02. The molecule has 88 valence electrons. The first-order valence-electron chi connectivity index (χ1n) is 6.31. The second-order valence-corrected chi connectivity index (χ2v) is 5.20. The summed E-state index contributed by atoms with van der Waals surface area (Å²) in [5, 5.41) is 0. The van der Waals surface area contributed by atoms with Gasteiger partial charge in [0.05, 0.1) is 0 Å². The zero-order valence-electron chi connectivity index (χ0n) is 11.3. The van der Waals surface area contributed by atoms with Gasteiger partial charge in [-0.2, -0.15) is 0 Å². The van der Waals surface area contributed by atoms with Gasteiger partial charge in [0.2, 0.25) is 0 Å². The molecular formula is C15H28. The highest BCUT2D eigenvalue weighted by Gasteiger charge is 1.93. The third-order valence-electron chi connectivity index (χ3n) is 2.57. The molecule has 0 aliphatic rings. The number of hydrogen-bond acceptors (Lipinski definition) is 0. The van der Waals surface area contributed by atoms with Gasteiger partial charge in [0, 0.05) is 0 Å². The quantitative estimate of drug-likeness (QED) is 0.382. The first-order valence-corrected chi connectivity index (χ1v) is 6.31. The first-order chi connectivity index (χ1) is 7.02. The van der Waals surface area contributed by atoms with Gasteiger partial charge in [0.15, 0.2) is 0 Å². The molecule has 0 aliphatic heterocycles. The maximum atomic E-state index is 2.42. The Kier molecular flexibility index (Phi) is 8.46. The van der Waals surface area contributed by atoms with Crippen LogP contribution < -0.4 is 0 Å². The minimum Gasteiger partial charge on any atom is -0.0856 e. The van der Waals surface area contributed by atoms with Crippen LogP contribution in [0.3, 0.4) is 0 Å². The van der Waals surface area contributed by atoms with Crippen molar-refractivity contribution < 1.29 is 0 Å². The fourth-order valence-corrected chi connectivity index (χ4v) is 1.57. The van der Waals surface area contributed by atoms with Gasteiger partial charge in [0.1, 0.15) is 0 Å². The van der Waals surface area contributed by atoms with E-state index in [-0.39, 0.29) is 0 Å². The summed E-state index contributed by atoms with van der Waals surface area (Å²) in [4.78, 5) is 0. The second kappa shape index (κ2) is 8.76. The predicted octanol–water partition coefficient (Wildman–Crippen LogP) is 5.51. The van der Waals surface area contributed by atoms with Crippen molar-refractivity contribution in [1.82, 2.24) is 0 Å². The Labute approximate surface area is 96.5 Å². The molecule has 0 aromatic heterocycles. The summed E-state index contributed by atoms with van der Waals surface area (Å²) in [5.41, 5.74) is 2.99. The summed E-state index contributed by atoms with van der Waals surface area (Å²) >= 11 is 0. The molecular weight excluding hydrogens is 180 g/mol. The smallest absolute Gasteiger partial charge is 0.0288 e. The molecule has 0 bridgehead atoms. The van der Waals surface area contributed by atoms with Crippen LogP contribution in [0.4, 0.5) is 0 Å². The Hall–Kier alpha value is -0.520. The molecule has 0 amide bonds. The van der Waals surface area contributed by atoms with Crippen LogP contribution >= 0.6 is 0 Å². The lowest BCUT2D eigenvalue weighted by atomic mass is 10.0. The van der Waals surface area contributed by atoms with Gasteiger partial charge in [-0.3, -0.25) is 0 Å². The molecule has 0 spiro atoms. The van der Waals surface area contributed by atoms with E-state index in [1.54, 1.807) is 5.57 Å². The average molecular weight is 208 g/mol. The van der Waals surface area contributed by atoms with E-state index in [0.717, 1.165) is 5.92 Å². The fraction of sp³-hybridized carbons (Fsp3) is 0.733. The Morgan fingerprint density at radius 2 is 1.67 bits per heavy atom. The van der Waals surface area contributed by atoms with Crippen molar-refractivity contribution in [2.75, 3.05) is 0 Å². The molecule has 0 aromatic carbocycles. The highest BCUT2D eigenvalue weighted by atomic mass is 14.0. The van der Waals surface area contributed by atoms with Gasteiger partial charge in [0.25, 0.3) is 0 Å². The summed E-state index contributed by atoms with van der Waals surface area (Å²) in [7, 11) is 0. The number of hydrogen-bond donors (Lipinski definition) is 0. The molecule has 0 aliphatic carbocycles. The van der Waals surface area contributed by atoms with E-state index >= 15 is 0 Å². The van der Waals surface area contributed by atoms with Gasteiger partial charge < -0.3 is 0 Å². The first kappa shape index (κ1) is 14.5. The Bertz CT molecular complexity index is 202. The van der Waals surface area contributed by atoms with Gasteiger partial charge in [-0.1, -0.05) is 43.6 Å². The van der Waals surface area contributed by atoms with Crippen molar-refractivity contribution >= 4 is 0 Å². The van der Waals surface area contributed by atoms with Gasteiger partial charge in [-0.15, -0.1) is 0 Å². The molecule has 0 fully saturated rings. The van der Waals surface area contributed by atoms with Crippen LogP contribution in [0.25, 0.3) is 0 Å². The highest BCUT2D eigenvalue weighted by Crippen LogP contribution is 2.11. The Balaban J connectivity index is 3.57. The fourth-order valence-electron chi connectivity index (χ4n) is 1.57. The molecule has 0 heteroatoms. The summed E-state index contributed by atoms with van der Waals surface area (Å²) in [6.07, 6.45) is 11.1. The molecule has 0 atom stereocenters. The lowest BCUT2D eigenvalue weighted by Crippen LogP contribution is -1.86. The summed E-state index contributed by atoms with van der Waals surface area (Å²) < 4.78 is 0. The van der Waals surface area contributed by atoms with E-state index in [1.165, 1.54) is 37.7 Å². The summed E-state index contributed by atoms with van der Waals surface area (Å²) in [6.45, 7) is 11.2. The monoisotopic (exact) mass is 208 g/mol. The largest absolute Gasteiger partial charge is 0.0856 e. The summed E-state index contributed by atoms with van der Waals surface area (Å²) in [6, 6.07) is 0. The molecule has 0 saturated carbocycles. The Morgan fingerprint density at radius 1 is 1.00 bits per heavy atom. The predicted molar refractivity (Wildman–Crippen MR) is 71.1 cm³/mol. The van der Waals surface area contributed by atoms with Crippen LogP contribution in [0.1, 0.15) is 66.7 Å². The zero-order valence-corrected chi connectivity index (χ0v) is 11.3. The minimum absolute atomic E-state index is 0.851. The third-order valence-corrected chi connectivity index (χ3v) is 2.57. The van der Waals surface area contributed by atoms with Gasteiger partial charge >= 0.3 is 0 Å². The normalized spacial score (nSPS) is 12.0. The molecule has 0 radical (unpaired) electrons. The van der Waals surface area contributed by atoms with Crippen LogP contribution in [0.5, 0.6) is 0 Å². The molecule has 0 rings (SSSR count). The van der Waals surface area contributed by atoms with Crippen LogP contribution in [-0.2, 0) is 0 Å². The standard InChI is InChI=1S/C15H28/c1-13(2)9-6-7-11-15(5)12-8-10-14(3)4/h10-11,13H,6-9,12H2,1-5H3. The van der Waals surface area contributed by atoms with E-state index in [0.29, 0.717) is 0 Å². The van der Waals surface area contributed by atoms with Crippen LogP contribution in [0.2, 0.25) is 0 Å². The van der Waals surface area contributed by atoms with Crippen LogP contribution in [-0.4, -0.2) is 0 Å². The topological polar surface area (TPSA) is 0 Å². The van der Waals surface area contributed by atoms with E-state index in [2.05, 4.69) is 46.8 Å². The van der Waals surface area contributed by atoms with Gasteiger partial charge in [-0.25, -0.2) is 0 Å². The van der Waals surface area contributed by atoms with Crippen molar-refractivity contribution in [3.8, 4) is 0 Å². The second-order valence-electron chi connectivity index (χ2n) is 5.20.